The van der Waals surface area contributed by atoms with Crippen molar-refractivity contribution >= 4 is 15.9 Å². The summed E-state index contributed by atoms with van der Waals surface area (Å²) in [5.41, 5.74) is 1.98. The van der Waals surface area contributed by atoms with Crippen LogP contribution in [0, 0.1) is 18.6 Å². The first-order valence-corrected chi connectivity index (χ1v) is 10.7. The van der Waals surface area contributed by atoms with Crippen molar-refractivity contribution in [1.29, 1.82) is 0 Å². The second kappa shape index (κ2) is 10.2. The van der Waals surface area contributed by atoms with Gasteiger partial charge in [-0.3, -0.25) is 9.36 Å². The predicted octanol–water partition coefficient (Wildman–Crippen LogP) is 4.72. The van der Waals surface area contributed by atoms with E-state index in [-0.39, 0.29) is 28.1 Å². The Morgan fingerprint density at radius 3 is 2.61 bits per heavy atom. The molecule has 3 aromatic rings. The molecule has 0 saturated heterocycles. The van der Waals surface area contributed by atoms with Gasteiger partial charge in [0.15, 0.2) is 0 Å². The third kappa shape index (κ3) is 5.98. The van der Waals surface area contributed by atoms with Gasteiger partial charge in [-0.25, -0.2) is 8.78 Å². The number of aromatic nitrogens is 2. The average molecular weight is 492 g/mol. The Bertz CT molecular complexity index is 1130. The predicted molar refractivity (Wildman–Crippen MR) is 119 cm³/mol. The topological polar surface area (TPSA) is 56.1 Å². The van der Waals surface area contributed by atoms with Crippen molar-refractivity contribution in [3.05, 3.63) is 91.4 Å². The van der Waals surface area contributed by atoms with E-state index < -0.39 is 11.6 Å². The highest BCUT2D eigenvalue weighted by atomic mass is 79.9. The summed E-state index contributed by atoms with van der Waals surface area (Å²) in [5, 5.41) is 3.37. The van der Waals surface area contributed by atoms with Crippen molar-refractivity contribution in [2.75, 3.05) is 0 Å². The molecule has 31 heavy (non-hydrogen) atoms. The minimum Gasteiger partial charge on any atom is -0.472 e. The molecule has 0 saturated carbocycles. The van der Waals surface area contributed by atoms with Crippen LogP contribution in [0.25, 0.3) is 0 Å². The van der Waals surface area contributed by atoms with Gasteiger partial charge in [0.05, 0.1) is 6.54 Å². The number of hydrogen-bond donors (Lipinski definition) is 1. The molecular weight excluding hydrogens is 468 g/mol. The van der Waals surface area contributed by atoms with E-state index in [1.807, 2.05) is 18.2 Å². The van der Waals surface area contributed by atoms with Gasteiger partial charge >= 0.3 is 0 Å². The molecule has 1 heterocycles. The summed E-state index contributed by atoms with van der Waals surface area (Å²) in [5.74, 6) is -0.845. The summed E-state index contributed by atoms with van der Waals surface area (Å²) >= 11 is 3.25. The number of ether oxygens (including phenoxy) is 1. The lowest BCUT2D eigenvalue weighted by molar-refractivity contribution is 0.282. The van der Waals surface area contributed by atoms with Gasteiger partial charge in [0.1, 0.15) is 28.5 Å². The molecule has 0 aliphatic carbocycles. The van der Waals surface area contributed by atoms with Crippen LogP contribution in [0.2, 0.25) is 0 Å². The second-order valence-electron chi connectivity index (χ2n) is 7.55. The lowest BCUT2D eigenvalue weighted by Gasteiger charge is -2.14. The van der Waals surface area contributed by atoms with Crippen molar-refractivity contribution in [2.24, 2.45) is 0 Å². The van der Waals surface area contributed by atoms with Crippen LogP contribution in [0.4, 0.5) is 8.78 Å². The highest BCUT2D eigenvalue weighted by molar-refractivity contribution is 9.10. The fraction of sp³-hybridized carbons (Fsp3) is 0.304. The number of aryl methyl sites for hydroxylation is 1. The third-order valence-electron chi connectivity index (χ3n) is 4.70. The number of benzene rings is 2. The Kier molecular flexibility index (Phi) is 7.56. The first-order valence-electron chi connectivity index (χ1n) is 9.89. The zero-order valence-corrected chi connectivity index (χ0v) is 19.2. The van der Waals surface area contributed by atoms with Crippen molar-refractivity contribution in [3.63, 3.8) is 0 Å². The molecular formula is C23H24BrF2N3O2. The molecule has 0 radical (unpaired) electrons. The minimum atomic E-state index is -0.715. The van der Waals surface area contributed by atoms with Gasteiger partial charge in [-0.05, 0) is 46.1 Å². The van der Waals surface area contributed by atoms with Crippen molar-refractivity contribution < 1.29 is 13.5 Å². The van der Waals surface area contributed by atoms with E-state index in [0.717, 1.165) is 29.8 Å². The third-order valence-corrected chi connectivity index (χ3v) is 5.38. The van der Waals surface area contributed by atoms with E-state index in [4.69, 9.17) is 4.74 Å². The Morgan fingerprint density at radius 1 is 1.16 bits per heavy atom. The van der Waals surface area contributed by atoms with E-state index >= 15 is 0 Å². The molecule has 3 rings (SSSR count). The summed E-state index contributed by atoms with van der Waals surface area (Å²) < 4.78 is 34.1. The quantitative estimate of drug-likeness (QED) is 0.495. The molecule has 0 bridgehead atoms. The van der Waals surface area contributed by atoms with Gasteiger partial charge in [0, 0.05) is 24.2 Å². The molecule has 0 fully saturated rings. The molecule has 5 nitrogen and oxygen atoms in total. The molecule has 0 unspecified atom stereocenters. The molecule has 164 valence electrons. The van der Waals surface area contributed by atoms with E-state index in [9.17, 15) is 13.6 Å². The lowest BCUT2D eigenvalue weighted by atomic mass is 10.1. The van der Waals surface area contributed by atoms with E-state index in [2.05, 4.69) is 46.1 Å². The molecule has 0 spiro atoms. The van der Waals surface area contributed by atoms with Crippen LogP contribution in [-0.4, -0.2) is 15.6 Å². The molecule has 2 aromatic carbocycles. The van der Waals surface area contributed by atoms with Crippen LogP contribution in [0.5, 0.6) is 5.88 Å². The monoisotopic (exact) mass is 491 g/mol. The van der Waals surface area contributed by atoms with Crippen LogP contribution >= 0.6 is 15.9 Å². The molecule has 1 N–H and O–H groups in total. The number of hydrogen-bond acceptors (Lipinski definition) is 4. The van der Waals surface area contributed by atoms with Gasteiger partial charge in [-0.15, -0.1) is 0 Å². The van der Waals surface area contributed by atoms with Gasteiger partial charge < -0.3 is 10.1 Å². The fourth-order valence-electron chi connectivity index (χ4n) is 3.02. The van der Waals surface area contributed by atoms with Crippen LogP contribution < -0.4 is 15.6 Å². The Balaban J connectivity index is 1.78. The van der Waals surface area contributed by atoms with Crippen molar-refractivity contribution in [3.8, 4) is 5.88 Å². The molecule has 0 amide bonds. The standard InChI is InChI=1S/C23H24BrF2N3O2/c1-14(2)27-11-16-5-4-6-17(9-16)12-29-15(3)28-22(21(24)23(29)30)31-13-18-7-8-19(25)10-20(18)26/h4-10,14,27H,11-13H2,1-3H3. The Morgan fingerprint density at radius 2 is 1.90 bits per heavy atom. The van der Waals surface area contributed by atoms with Crippen LogP contribution in [-0.2, 0) is 19.7 Å². The van der Waals surface area contributed by atoms with E-state index in [0.29, 0.717) is 18.4 Å². The second-order valence-corrected chi connectivity index (χ2v) is 8.34. The number of halogens is 3. The largest absolute Gasteiger partial charge is 0.472 e. The van der Waals surface area contributed by atoms with Crippen molar-refractivity contribution in [2.45, 2.75) is 46.5 Å². The van der Waals surface area contributed by atoms with Gasteiger partial charge in [-0.1, -0.05) is 38.1 Å². The maximum atomic E-state index is 13.8. The van der Waals surface area contributed by atoms with Crippen LogP contribution in [0.15, 0.2) is 51.7 Å². The normalized spacial score (nSPS) is 11.2. The number of nitrogens with zero attached hydrogens (tertiary/aromatic N) is 2. The van der Waals surface area contributed by atoms with Crippen molar-refractivity contribution in [1.82, 2.24) is 14.9 Å². The summed E-state index contributed by atoms with van der Waals surface area (Å²) in [6, 6.07) is 11.6. The SMILES string of the molecule is Cc1nc(OCc2ccc(F)cc2F)c(Br)c(=O)n1Cc1cccc(CNC(C)C)c1. The first kappa shape index (κ1) is 23.1. The molecule has 0 atom stereocenters. The minimum absolute atomic E-state index is 0.0670. The van der Waals surface area contributed by atoms with E-state index in [1.165, 1.54) is 6.07 Å². The maximum absolute atomic E-state index is 13.8. The van der Waals surface area contributed by atoms with Gasteiger partial charge in [-0.2, -0.15) is 4.98 Å². The van der Waals surface area contributed by atoms with Gasteiger partial charge in [0.2, 0.25) is 5.88 Å². The summed E-state index contributed by atoms with van der Waals surface area (Å²) in [4.78, 5) is 17.3. The highest BCUT2D eigenvalue weighted by Crippen LogP contribution is 2.21. The van der Waals surface area contributed by atoms with Crippen LogP contribution in [0.1, 0.15) is 36.4 Å². The highest BCUT2D eigenvalue weighted by Gasteiger charge is 2.15. The Labute approximate surface area is 188 Å². The summed E-state index contributed by atoms with van der Waals surface area (Å²) in [6.45, 7) is 6.82. The molecule has 0 aliphatic rings. The number of rotatable bonds is 8. The molecule has 0 aliphatic heterocycles. The summed E-state index contributed by atoms with van der Waals surface area (Å²) in [6.07, 6.45) is 0. The zero-order valence-electron chi connectivity index (χ0n) is 17.6. The molecule has 8 heteroatoms. The average Bonchev–Trinajstić information content (AvgIpc) is 2.72. The fourth-order valence-corrected chi connectivity index (χ4v) is 3.44. The summed E-state index contributed by atoms with van der Waals surface area (Å²) in [7, 11) is 0. The number of nitrogens with one attached hydrogen (secondary N) is 1. The first-order chi connectivity index (χ1) is 14.7. The smallest absolute Gasteiger partial charge is 0.272 e. The Hall–Kier alpha value is -2.58. The maximum Gasteiger partial charge on any atom is 0.272 e. The van der Waals surface area contributed by atoms with E-state index in [1.54, 1.807) is 11.5 Å². The van der Waals surface area contributed by atoms with Crippen LogP contribution in [0.3, 0.4) is 0 Å². The molecule has 1 aromatic heterocycles. The zero-order chi connectivity index (χ0) is 22.5. The van der Waals surface area contributed by atoms with Gasteiger partial charge in [0.25, 0.3) is 5.56 Å². The lowest BCUT2D eigenvalue weighted by Crippen LogP contribution is -2.26.